The predicted octanol–water partition coefficient (Wildman–Crippen LogP) is 5.56. The number of hydrogen-bond donors (Lipinski definition) is 0. The second-order valence-corrected chi connectivity index (χ2v) is 38.2. The molecule has 0 aliphatic rings. The van der Waals surface area contributed by atoms with Gasteiger partial charge in [-0.2, -0.15) is 0 Å². The van der Waals surface area contributed by atoms with Gasteiger partial charge in [0.1, 0.15) is 0 Å². The van der Waals surface area contributed by atoms with Crippen molar-refractivity contribution in [3.05, 3.63) is 73.1 Å². The summed E-state index contributed by atoms with van der Waals surface area (Å²) in [7, 11) is 0. The monoisotopic (exact) mass is 586 g/mol. The van der Waals surface area contributed by atoms with E-state index in [1.54, 1.807) is 3.58 Å². The number of benzene rings is 2. The first-order valence-corrected chi connectivity index (χ1v) is 29.8. The second-order valence-electron chi connectivity index (χ2n) is 9.29. The molecule has 0 unspecified atom stereocenters. The van der Waals surface area contributed by atoms with Gasteiger partial charge in [-0.15, -0.1) is 0 Å². The molecule has 0 radical (unpaired) electrons. The van der Waals surface area contributed by atoms with Crippen LogP contribution in [0, 0.1) is 0 Å². The maximum absolute atomic E-state index is 4.50. The quantitative estimate of drug-likeness (QED) is 0.289. The van der Waals surface area contributed by atoms with E-state index in [4.69, 9.17) is 0 Å². The van der Waals surface area contributed by atoms with E-state index in [9.17, 15) is 0 Å². The molecule has 0 saturated carbocycles. The van der Waals surface area contributed by atoms with Crippen molar-refractivity contribution in [1.82, 2.24) is 9.97 Å². The van der Waals surface area contributed by atoms with Crippen molar-refractivity contribution in [3.8, 4) is 0 Å². The van der Waals surface area contributed by atoms with Gasteiger partial charge >= 0.3 is 178 Å². The zero-order chi connectivity index (χ0) is 20.4. The average Bonchev–Trinajstić information content (AvgIpc) is 2.66. The van der Waals surface area contributed by atoms with Crippen LogP contribution in [0.4, 0.5) is 0 Å². The second kappa shape index (κ2) is 8.70. The van der Waals surface area contributed by atoms with E-state index in [0.29, 0.717) is 0 Å². The van der Waals surface area contributed by atoms with Crippen molar-refractivity contribution in [2.24, 2.45) is 0 Å². The number of rotatable bonds is 2. The Morgan fingerprint density at radius 1 is 0.643 bits per heavy atom. The molecule has 0 amide bonds. The first-order chi connectivity index (χ1) is 13.2. The van der Waals surface area contributed by atoms with Crippen molar-refractivity contribution in [3.63, 3.8) is 0 Å². The molecule has 144 valence electrons. The fourth-order valence-electron chi connectivity index (χ4n) is 3.23. The minimum atomic E-state index is -1.97. The Hall–Kier alpha value is -1.14. The van der Waals surface area contributed by atoms with Crippen LogP contribution in [0.2, 0.25) is 29.6 Å². The van der Waals surface area contributed by atoms with Gasteiger partial charge in [0.2, 0.25) is 0 Å². The summed E-state index contributed by atoms with van der Waals surface area (Å²) in [5.41, 5.74) is 2.24. The Morgan fingerprint density at radius 3 is 1.96 bits per heavy atom. The van der Waals surface area contributed by atoms with Gasteiger partial charge < -0.3 is 0 Å². The Bertz CT molecular complexity index is 1080. The van der Waals surface area contributed by atoms with Gasteiger partial charge in [-0.05, 0) is 0 Å². The Balaban J connectivity index is 0.000000161. The minimum absolute atomic E-state index is 1.10. The standard InChI is InChI=1S/2C9H6N.6CH3.2Sn/c2*1-2-6-9-8(4-1)5-3-7-10-9;;;;;;;;/h1-2,4-7H;1-4,6-7H;6*1H3;;. The molecule has 4 aromatic rings. The molecule has 2 aromatic carbocycles. The van der Waals surface area contributed by atoms with Gasteiger partial charge in [0.25, 0.3) is 0 Å². The molecular formula is C24H30N2Sn2. The van der Waals surface area contributed by atoms with Gasteiger partial charge in [-0.3, -0.25) is 0 Å². The number of aromatic nitrogens is 2. The molecule has 0 N–H and O–H groups in total. The Morgan fingerprint density at radius 2 is 1.29 bits per heavy atom. The van der Waals surface area contributed by atoms with Gasteiger partial charge in [-0.1, -0.05) is 0 Å². The molecule has 0 aliphatic heterocycles. The van der Waals surface area contributed by atoms with Crippen LogP contribution >= 0.6 is 0 Å². The molecule has 4 rings (SSSR count). The molecule has 0 spiro atoms. The summed E-state index contributed by atoms with van der Waals surface area (Å²) in [6.07, 6.45) is 4.01. The normalized spacial score (nSPS) is 11.9. The average molecular weight is 584 g/mol. The molecule has 2 aromatic heterocycles. The van der Waals surface area contributed by atoms with Crippen LogP contribution in [0.3, 0.4) is 0 Å². The SMILES string of the molecule is [CH3][Sn]([CH3])([CH3])[c]1ccnc2ccccc12.[CH3][Sn]([CH3])([CH3])[c]1cnc2ccccc2c1. The fourth-order valence-corrected chi connectivity index (χ4v) is 10.7. The van der Waals surface area contributed by atoms with E-state index >= 15 is 0 Å². The molecule has 2 heterocycles. The third-order valence-corrected chi connectivity index (χ3v) is 16.5. The summed E-state index contributed by atoms with van der Waals surface area (Å²) in [6.45, 7) is 0. The van der Waals surface area contributed by atoms with Gasteiger partial charge in [0.05, 0.1) is 0 Å². The van der Waals surface area contributed by atoms with Crippen LogP contribution < -0.4 is 7.16 Å². The molecule has 0 aliphatic carbocycles. The van der Waals surface area contributed by atoms with Crippen molar-refractivity contribution in [2.75, 3.05) is 0 Å². The van der Waals surface area contributed by atoms with Crippen LogP contribution in [0.5, 0.6) is 0 Å². The molecule has 2 nitrogen and oxygen atoms in total. The van der Waals surface area contributed by atoms with Gasteiger partial charge in [0.15, 0.2) is 0 Å². The summed E-state index contributed by atoms with van der Waals surface area (Å²) in [6, 6.07) is 21.3. The molecule has 4 heteroatoms. The van der Waals surface area contributed by atoms with Crippen LogP contribution in [0.1, 0.15) is 0 Å². The van der Waals surface area contributed by atoms with E-state index in [1.807, 2.05) is 12.3 Å². The van der Waals surface area contributed by atoms with Crippen molar-refractivity contribution < 1.29 is 0 Å². The molecule has 28 heavy (non-hydrogen) atoms. The van der Waals surface area contributed by atoms with E-state index in [-0.39, 0.29) is 0 Å². The number of pyridine rings is 2. The third-order valence-electron chi connectivity index (χ3n) is 4.91. The van der Waals surface area contributed by atoms with Crippen molar-refractivity contribution in [1.29, 1.82) is 0 Å². The van der Waals surface area contributed by atoms with E-state index in [0.717, 1.165) is 11.0 Å². The topological polar surface area (TPSA) is 25.8 Å². The zero-order valence-electron chi connectivity index (χ0n) is 17.8. The Kier molecular flexibility index (Phi) is 6.70. The third kappa shape index (κ3) is 5.26. The Labute approximate surface area is 177 Å². The first kappa shape index (κ1) is 21.6. The van der Waals surface area contributed by atoms with Crippen LogP contribution in [0.25, 0.3) is 21.8 Å². The predicted molar refractivity (Wildman–Crippen MR) is 129 cm³/mol. The summed E-state index contributed by atoms with van der Waals surface area (Å²) < 4.78 is 3.07. The molecule has 0 atom stereocenters. The van der Waals surface area contributed by atoms with E-state index in [2.05, 4.69) is 100 Å². The van der Waals surface area contributed by atoms with Crippen molar-refractivity contribution >= 4 is 65.7 Å². The summed E-state index contributed by atoms with van der Waals surface area (Å²) in [5.74, 6) is 0. The number of nitrogens with zero attached hydrogens (tertiary/aromatic N) is 2. The van der Waals surface area contributed by atoms with Crippen LogP contribution in [-0.2, 0) is 0 Å². The molecule has 0 bridgehead atoms. The summed E-state index contributed by atoms with van der Waals surface area (Å²) >= 11 is -3.89. The molecule has 0 fully saturated rings. The fraction of sp³-hybridized carbons (Fsp3) is 0.250. The maximum atomic E-state index is 4.50. The van der Waals surface area contributed by atoms with Crippen molar-refractivity contribution in [2.45, 2.75) is 29.6 Å². The van der Waals surface area contributed by atoms with E-state index in [1.165, 1.54) is 14.4 Å². The van der Waals surface area contributed by atoms with Crippen LogP contribution in [-0.4, -0.2) is 46.7 Å². The number of hydrogen-bond acceptors (Lipinski definition) is 2. The first-order valence-electron chi connectivity index (χ1n) is 9.86. The summed E-state index contributed by atoms with van der Waals surface area (Å²) in [4.78, 5) is 23.5. The zero-order valence-corrected chi connectivity index (χ0v) is 23.5. The molecular weight excluding hydrogens is 554 g/mol. The van der Waals surface area contributed by atoms with Gasteiger partial charge in [0, 0.05) is 0 Å². The van der Waals surface area contributed by atoms with Crippen LogP contribution in [0.15, 0.2) is 73.1 Å². The number of para-hydroxylation sites is 2. The molecule has 0 saturated heterocycles. The number of fused-ring (bicyclic) bond motifs is 2. The summed E-state index contributed by atoms with van der Waals surface area (Å²) in [5, 5.41) is 2.63. The van der Waals surface area contributed by atoms with Gasteiger partial charge in [-0.25, -0.2) is 0 Å². The van der Waals surface area contributed by atoms with E-state index < -0.39 is 36.8 Å².